The van der Waals surface area contributed by atoms with Gasteiger partial charge in [-0.15, -0.1) is 0 Å². The minimum absolute atomic E-state index is 0.0209. The number of pyridine rings is 2. The molecule has 4 rings (SSSR count). The summed E-state index contributed by atoms with van der Waals surface area (Å²) in [7, 11) is 0. The second-order valence-electron chi connectivity index (χ2n) is 5.94. The van der Waals surface area contributed by atoms with Crippen molar-refractivity contribution in [2.24, 2.45) is 5.92 Å². The maximum atomic E-state index is 13.0. The van der Waals surface area contributed by atoms with Crippen molar-refractivity contribution in [2.45, 2.75) is 12.8 Å². The van der Waals surface area contributed by atoms with Crippen LogP contribution >= 0.6 is 11.6 Å². The molecule has 1 aliphatic rings. The van der Waals surface area contributed by atoms with E-state index in [0.717, 1.165) is 17.6 Å². The van der Waals surface area contributed by atoms with Gasteiger partial charge in [-0.05, 0) is 42.5 Å². The van der Waals surface area contributed by atoms with E-state index < -0.39 is 0 Å². The summed E-state index contributed by atoms with van der Waals surface area (Å²) in [5.74, 6) is 1.37. The lowest BCUT2D eigenvalue weighted by Crippen LogP contribution is -2.12. The van der Waals surface area contributed by atoms with E-state index in [-0.39, 0.29) is 5.43 Å². The number of rotatable bonds is 4. The van der Waals surface area contributed by atoms with Crippen LogP contribution in [0.5, 0.6) is 0 Å². The topological polar surface area (TPSA) is 57.8 Å². The van der Waals surface area contributed by atoms with Crippen LogP contribution in [0, 0.1) is 5.92 Å². The largest absolute Gasteiger partial charge is 0.369 e. The molecule has 3 aromatic rings. The molecular weight excluding hydrogens is 310 g/mol. The highest BCUT2D eigenvalue weighted by molar-refractivity contribution is 6.30. The monoisotopic (exact) mass is 325 g/mol. The lowest BCUT2D eigenvalue weighted by molar-refractivity contribution is 0.884. The number of nitrogens with zero attached hydrogens (tertiary/aromatic N) is 1. The number of anilines is 1. The van der Waals surface area contributed by atoms with Crippen molar-refractivity contribution >= 4 is 28.3 Å². The van der Waals surface area contributed by atoms with Gasteiger partial charge >= 0.3 is 0 Å². The second kappa shape index (κ2) is 5.70. The number of aromatic nitrogens is 2. The lowest BCUT2D eigenvalue weighted by Gasteiger charge is -2.09. The summed E-state index contributed by atoms with van der Waals surface area (Å²) in [5.41, 5.74) is 2.24. The maximum absolute atomic E-state index is 13.0. The van der Waals surface area contributed by atoms with E-state index in [1.165, 1.54) is 12.8 Å². The smallest absolute Gasteiger partial charge is 0.200 e. The highest BCUT2D eigenvalue weighted by Gasteiger charge is 2.21. The third-order valence-electron chi connectivity index (χ3n) is 4.21. The third-order valence-corrected chi connectivity index (χ3v) is 4.46. The molecule has 4 nitrogen and oxygen atoms in total. The Bertz CT molecular complexity index is 914. The number of nitrogens with one attached hydrogen (secondary N) is 2. The van der Waals surface area contributed by atoms with E-state index >= 15 is 0 Å². The number of hydrogen-bond donors (Lipinski definition) is 2. The highest BCUT2D eigenvalue weighted by Crippen LogP contribution is 2.29. The molecule has 0 unspecified atom stereocenters. The van der Waals surface area contributed by atoms with Gasteiger partial charge in [-0.3, -0.25) is 4.79 Å². The van der Waals surface area contributed by atoms with E-state index in [2.05, 4.69) is 15.3 Å². The molecule has 0 saturated heterocycles. The molecule has 23 heavy (non-hydrogen) atoms. The number of fused-ring (bicyclic) bond motifs is 1. The number of aromatic amines is 1. The van der Waals surface area contributed by atoms with E-state index in [1.807, 2.05) is 18.2 Å². The van der Waals surface area contributed by atoms with Crippen molar-refractivity contribution in [1.82, 2.24) is 9.97 Å². The minimum atomic E-state index is -0.0209. The molecule has 2 N–H and O–H groups in total. The van der Waals surface area contributed by atoms with Crippen molar-refractivity contribution in [3.63, 3.8) is 0 Å². The van der Waals surface area contributed by atoms with Gasteiger partial charge in [0.1, 0.15) is 5.82 Å². The Balaban J connectivity index is 1.83. The van der Waals surface area contributed by atoms with Gasteiger partial charge in [-0.1, -0.05) is 23.7 Å². The van der Waals surface area contributed by atoms with E-state index in [4.69, 9.17) is 11.6 Å². The number of benzene rings is 1. The van der Waals surface area contributed by atoms with Crippen LogP contribution in [0.1, 0.15) is 12.8 Å². The first kappa shape index (κ1) is 14.3. The molecular formula is C18H16ClN3O. The first-order valence-electron chi connectivity index (χ1n) is 7.72. The zero-order valence-corrected chi connectivity index (χ0v) is 13.2. The van der Waals surface area contributed by atoms with Crippen molar-refractivity contribution < 1.29 is 0 Å². The van der Waals surface area contributed by atoms with Gasteiger partial charge in [0.05, 0.1) is 10.9 Å². The summed E-state index contributed by atoms with van der Waals surface area (Å²) in [6.07, 6.45) is 5.97. The SMILES string of the molecule is O=c1c(-c2ccc(Cl)cc2)c[nH]c2ccnc(NCC3CC3)c12. The maximum Gasteiger partial charge on any atom is 0.200 e. The van der Waals surface area contributed by atoms with Gasteiger partial charge in [0.25, 0.3) is 0 Å². The fourth-order valence-corrected chi connectivity index (χ4v) is 2.83. The van der Waals surface area contributed by atoms with E-state index in [0.29, 0.717) is 27.7 Å². The average molecular weight is 326 g/mol. The van der Waals surface area contributed by atoms with Crippen LogP contribution in [0.3, 0.4) is 0 Å². The van der Waals surface area contributed by atoms with Gasteiger partial charge in [-0.2, -0.15) is 0 Å². The summed E-state index contributed by atoms with van der Waals surface area (Å²) in [5, 5.41) is 4.59. The molecule has 1 saturated carbocycles. The van der Waals surface area contributed by atoms with Crippen LogP contribution in [0.25, 0.3) is 22.0 Å². The normalized spacial score (nSPS) is 14.1. The number of hydrogen-bond acceptors (Lipinski definition) is 3. The molecule has 1 aromatic carbocycles. The summed E-state index contributed by atoms with van der Waals surface area (Å²) in [4.78, 5) is 20.5. The van der Waals surface area contributed by atoms with Gasteiger partial charge < -0.3 is 10.3 Å². The zero-order chi connectivity index (χ0) is 15.8. The predicted molar refractivity (Wildman–Crippen MR) is 94.0 cm³/mol. The Hall–Kier alpha value is -2.33. The van der Waals surface area contributed by atoms with Crippen LogP contribution in [0.15, 0.2) is 47.5 Å². The second-order valence-corrected chi connectivity index (χ2v) is 6.38. The summed E-state index contributed by atoms with van der Waals surface area (Å²) in [6.45, 7) is 0.872. The lowest BCUT2D eigenvalue weighted by atomic mass is 10.1. The highest BCUT2D eigenvalue weighted by atomic mass is 35.5. The Kier molecular flexibility index (Phi) is 3.54. The van der Waals surface area contributed by atoms with Crippen LogP contribution in [0.4, 0.5) is 5.82 Å². The van der Waals surface area contributed by atoms with Gasteiger partial charge in [0.2, 0.25) is 5.43 Å². The third kappa shape index (κ3) is 2.82. The molecule has 5 heteroatoms. The predicted octanol–water partition coefficient (Wildman–Crippen LogP) is 4.07. The fraction of sp³-hybridized carbons (Fsp3) is 0.222. The Labute approximate surface area is 138 Å². The van der Waals surface area contributed by atoms with Gasteiger partial charge in [-0.25, -0.2) is 4.98 Å². The molecule has 2 aromatic heterocycles. The Morgan fingerprint density at radius 3 is 2.74 bits per heavy atom. The van der Waals surface area contributed by atoms with Crippen LogP contribution in [0.2, 0.25) is 5.02 Å². The van der Waals surface area contributed by atoms with Gasteiger partial charge in [0, 0.05) is 29.5 Å². The quantitative estimate of drug-likeness (QED) is 0.760. The van der Waals surface area contributed by atoms with Crippen molar-refractivity contribution in [1.29, 1.82) is 0 Å². The standard InChI is InChI=1S/C18H16ClN3O/c19-13-5-3-12(4-6-13)14-10-21-15-7-8-20-18(16(15)17(14)23)22-9-11-1-2-11/h3-8,10-11H,1-2,9H2,(H,20,22)(H,21,23). The van der Waals surface area contributed by atoms with Crippen molar-refractivity contribution in [2.75, 3.05) is 11.9 Å². The van der Waals surface area contributed by atoms with E-state index in [9.17, 15) is 4.79 Å². The zero-order valence-electron chi connectivity index (χ0n) is 12.5. The molecule has 0 radical (unpaired) electrons. The molecule has 1 fully saturated rings. The molecule has 0 bridgehead atoms. The van der Waals surface area contributed by atoms with E-state index in [1.54, 1.807) is 24.5 Å². The molecule has 0 aliphatic heterocycles. The molecule has 0 spiro atoms. The van der Waals surface area contributed by atoms with Crippen LogP contribution in [-0.4, -0.2) is 16.5 Å². The first-order chi connectivity index (χ1) is 11.2. The average Bonchev–Trinajstić information content (AvgIpc) is 3.39. The number of H-pyrrole nitrogens is 1. The summed E-state index contributed by atoms with van der Waals surface area (Å²) < 4.78 is 0. The Morgan fingerprint density at radius 2 is 2.00 bits per heavy atom. The first-order valence-corrected chi connectivity index (χ1v) is 8.10. The van der Waals surface area contributed by atoms with Gasteiger partial charge in [0.15, 0.2) is 0 Å². The van der Waals surface area contributed by atoms with Crippen molar-refractivity contribution in [3.05, 3.63) is 58.0 Å². The van der Waals surface area contributed by atoms with Crippen molar-refractivity contribution in [3.8, 4) is 11.1 Å². The molecule has 1 aliphatic carbocycles. The Morgan fingerprint density at radius 1 is 1.22 bits per heavy atom. The summed E-state index contributed by atoms with van der Waals surface area (Å²) >= 11 is 5.93. The van der Waals surface area contributed by atoms with Crippen LogP contribution < -0.4 is 10.7 Å². The minimum Gasteiger partial charge on any atom is -0.369 e. The number of halogens is 1. The molecule has 0 atom stereocenters. The van der Waals surface area contributed by atoms with Crippen LogP contribution in [-0.2, 0) is 0 Å². The molecule has 2 heterocycles. The fourth-order valence-electron chi connectivity index (χ4n) is 2.70. The molecule has 0 amide bonds. The molecule has 116 valence electrons. The summed E-state index contributed by atoms with van der Waals surface area (Å²) in [6, 6.07) is 9.11.